The number of likely N-dealkylation sites (tertiary alicyclic amines) is 1. The standard InChI is InChI=1S/C15H26N2S/c1-14-5-2-3-10-17(14)11-4-8-16-9-6-15-7-12-18-13-15/h7,12-14,16H,2-6,8-11H2,1H3. The fourth-order valence-electron chi connectivity index (χ4n) is 2.69. The molecule has 1 saturated heterocycles. The molecule has 1 atom stereocenters. The third kappa shape index (κ3) is 4.71. The minimum Gasteiger partial charge on any atom is -0.316 e. The average molecular weight is 266 g/mol. The molecule has 1 aromatic heterocycles. The topological polar surface area (TPSA) is 15.3 Å². The first kappa shape index (κ1) is 14.0. The molecule has 0 spiro atoms. The van der Waals surface area contributed by atoms with Crippen molar-refractivity contribution in [1.29, 1.82) is 0 Å². The number of hydrogen-bond acceptors (Lipinski definition) is 3. The molecule has 0 aliphatic carbocycles. The van der Waals surface area contributed by atoms with Gasteiger partial charge < -0.3 is 10.2 Å². The summed E-state index contributed by atoms with van der Waals surface area (Å²) in [7, 11) is 0. The van der Waals surface area contributed by atoms with Crippen LogP contribution in [0, 0.1) is 0 Å². The van der Waals surface area contributed by atoms with Gasteiger partial charge in [-0.1, -0.05) is 6.42 Å². The summed E-state index contributed by atoms with van der Waals surface area (Å²) >= 11 is 1.79. The molecule has 0 radical (unpaired) electrons. The van der Waals surface area contributed by atoms with Gasteiger partial charge >= 0.3 is 0 Å². The van der Waals surface area contributed by atoms with Crippen molar-refractivity contribution in [3.8, 4) is 0 Å². The minimum atomic E-state index is 0.810. The molecule has 3 heteroatoms. The molecule has 1 aliphatic heterocycles. The quantitative estimate of drug-likeness (QED) is 0.763. The highest BCUT2D eigenvalue weighted by Crippen LogP contribution is 2.16. The van der Waals surface area contributed by atoms with E-state index in [1.165, 1.54) is 50.8 Å². The van der Waals surface area contributed by atoms with E-state index in [9.17, 15) is 0 Å². The van der Waals surface area contributed by atoms with Gasteiger partial charge in [-0.05, 0) is 81.2 Å². The van der Waals surface area contributed by atoms with E-state index in [2.05, 4.69) is 34.0 Å². The molecule has 1 fully saturated rings. The number of rotatable bonds is 7. The van der Waals surface area contributed by atoms with Gasteiger partial charge in [0.1, 0.15) is 0 Å². The largest absolute Gasteiger partial charge is 0.316 e. The van der Waals surface area contributed by atoms with Crippen LogP contribution in [0.4, 0.5) is 0 Å². The highest BCUT2D eigenvalue weighted by atomic mass is 32.1. The summed E-state index contributed by atoms with van der Waals surface area (Å²) in [6.45, 7) is 7.24. The van der Waals surface area contributed by atoms with Gasteiger partial charge in [-0.15, -0.1) is 0 Å². The summed E-state index contributed by atoms with van der Waals surface area (Å²) in [6.07, 6.45) is 6.68. The van der Waals surface area contributed by atoms with Gasteiger partial charge in [-0.2, -0.15) is 11.3 Å². The Hall–Kier alpha value is -0.380. The van der Waals surface area contributed by atoms with Crippen LogP contribution in [0.15, 0.2) is 16.8 Å². The molecule has 0 aromatic carbocycles. The molecular weight excluding hydrogens is 240 g/mol. The van der Waals surface area contributed by atoms with E-state index in [1.54, 1.807) is 11.3 Å². The van der Waals surface area contributed by atoms with E-state index in [-0.39, 0.29) is 0 Å². The second-order valence-electron chi connectivity index (χ2n) is 5.37. The fraction of sp³-hybridized carbons (Fsp3) is 0.733. The van der Waals surface area contributed by atoms with E-state index in [4.69, 9.17) is 0 Å². The Balaban J connectivity index is 1.48. The number of nitrogens with zero attached hydrogens (tertiary/aromatic N) is 1. The predicted octanol–water partition coefficient (Wildman–Crippen LogP) is 3.14. The maximum atomic E-state index is 3.56. The van der Waals surface area contributed by atoms with Gasteiger partial charge in [-0.3, -0.25) is 0 Å². The third-order valence-electron chi connectivity index (χ3n) is 3.91. The van der Waals surface area contributed by atoms with Crippen LogP contribution in [0.2, 0.25) is 0 Å². The van der Waals surface area contributed by atoms with Crippen LogP contribution in [0.1, 0.15) is 38.2 Å². The molecule has 2 nitrogen and oxygen atoms in total. The second kappa shape index (κ2) is 7.93. The summed E-state index contributed by atoms with van der Waals surface area (Å²) in [6, 6.07) is 3.03. The SMILES string of the molecule is CC1CCCCN1CCCNCCc1ccsc1. The van der Waals surface area contributed by atoms with Gasteiger partial charge in [0.15, 0.2) is 0 Å². The molecule has 0 bridgehead atoms. The van der Waals surface area contributed by atoms with Crippen LogP contribution < -0.4 is 5.32 Å². The smallest absolute Gasteiger partial charge is 0.00669 e. The molecule has 1 unspecified atom stereocenters. The molecule has 1 aromatic rings. The third-order valence-corrected chi connectivity index (χ3v) is 4.64. The van der Waals surface area contributed by atoms with Crippen molar-refractivity contribution in [1.82, 2.24) is 10.2 Å². The highest BCUT2D eigenvalue weighted by molar-refractivity contribution is 7.07. The highest BCUT2D eigenvalue weighted by Gasteiger charge is 2.16. The van der Waals surface area contributed by atoms with Crippen LogP contribution >= 0.6 is 11.3 Å². The number of nitrogens with one attached hydrogen (secondary N) is 1. The molecule has 102 valence electrons. The van der Waals surface area contributed by atoms with Crippen molar-refractivity contribution in [2.45, 2.75) is 45.1 Å². The molecule has 0 saturated carbocycles. The van der Waals surface area contributed by atoms with Gasteiger partial charge in [0.25, 0.3) is 0 Å². The predicted molar refractivity (Wildman–Crippen MR) is 80.4 cm³/mol. The van der Waals surface area contributed by atoms with Gasteiger partial charge in [0.05, 0.1) is 0 Å². The van der Waals surface area contributed by atoms with E-state index in [0.717, 1.165) is 19.1 Å². The summed E-state index contributed by atoms with van der Waals surface area (Å²) < 4.78 is 0. The maximum absolute atomic E-state index is 3.56. The van der Waals surface area contributed by atoms with Crippen molar-refractivity contribution in [2.75, 3.05) is 26.2 Å². The molecule has 18 heavy (non-hydrogen) atoms. The van der Waals surface area contributed by atoms with Crippen molar-refractivity contribution < 1.29 is 0 Å². The lowest BCUT2D eigenvalue weighted by molar-refractivity contribution is 0.159. The summed E-state index contributed by atoms with van der Waals surface area (Å²) in [5.74, 6) is 0. The van der Waals surface area contributed by atoms with Crippen molar-refractivity contribution >= 4 is 11.3 Å². The molecular formula is C15H26N2S. The Bertz CT molecular complexity index is 310. The summed E-state index contributed by atoms with van der Waals surface area (Å²) in [5, 5.41) is 7.96. The normalized spacial score (nSPS) is 21.3. The van der Waals surface area contributed by atoms with Crippen LogP contribution in [-0.2, 0) is 6.42 Å². The zero-order valence-corrected chi connectivity index (χ0v) is 12.3. The number of thiophene rings is 1. The lowest BCUT2D eigenvalue weighted by atomic mass is 10.0. The first-order valence-corrected chi connectivity index (χ1v) is 8.26. The summed E-state index contributed by atoms with van der Waals surface area (Å²) in [5.41, 5.74) is 1.47. The monoisotopic (exact) mass is 266 g/mol. The molecule has 1 aliphatic rings. The van der Waals surface area contributed by atoms with Gasteiger partial charge in [0, 0.05) is 6.04 Å². The lowest BCUT2D eigenvalue weighted by Gasteiger charge is -2.33. The minimum absolute atomic E-state index is 0.810. The second-order valence-corrected chi connectivity index (χ2v) is 6.15. The first-order valence-electron chi connectivity index (χ1n) is 7.32. The molecule has 2 heterocycles. The molecule has 2 rings (SSSR count). The van der Waals surface area contributed by atoms with Crippen molar-refractivity contribution in [2.24, 2.45) is 0 Å². The Labute approximate surface area is 115 Å². The maximum Gasteiger partial charge on any atom is 0.00669 e. The Kier molecular flexibility index (Phi) is 6.18. The van der Waals surface area contributed by atoms with E-state index < -0.39 is 0 Å². The van der Waals surface area contributed by atoms with Crippen molar-refractivity contribution in [3.05, 3.63) is 22.4 Å². The van der Waals surface area contributed by atoms with Gasteiger partial charge in [-0.25, -0.2) is 0 Å². The van der Waals surface area contributed by atoms with E-state index in [0.29, 0.717) is 0 Å². The van der Waals surface area contributed by atoms with Gasteiger partial charge in [0.2, 0.25) is 0 Å². The Morgan fingerprint density at radius 2 is 2.33 bits per heavy atom. The summed E-state index contributed by atoms with van der Waals surface area (Å²) in [4.78, 5) is 2.66. The van der Waals surface area contributed by atoms with Crippen LogP contribution in [-0.4, -0.2) is 37.1 Å². The van der Waals surface area contributed by atoms with Crippen LogP contribution in [0.5, 0.6) is 0 Å². The molecule has 1 N–H and O–H groups in total. The van der Waals surface area contributed by atoms with Crippen LogP contribution in [0.25, 0.3) is 0 Å². The van der Waals surface area contributed by atoms with E-state index >= 15 is 0 Å². The first-order chi connectivity index (χ1) is 8.86. The number of hydrogen-bond donors (Lipinski definition) is 1. The van der Waals surface area contributed by atoms with Crippen molar-refractivity contribution in [3.63, 3.8) is 0 Å². The van der Waals surface area contributed by atoms with Crippen LogP contribution in [0.3, 0.4) is 0 Å². The number of piperidine rings is 1. The zero-order valence-electron chi connectivity index (χ0n) is 11.5. The Morgan fingerprint density at radius 1 is 1.39 bits per heavy atom. The average Bonchev–Trinajstić information content (AvgIpc) is 2.89. The fourth-order valence-corrected chi connectivity index (χ4v) is 3.39. The lowest BCUT2D eigenvalue weighted by Crippen LogP contribution is -2.39. The molecule has 0 amide bonds. The van der Waals surface area contributed by atoms with E-state index in [1.807, 2.05) is 0 Å². The zero-order chi connectivity index (χ0) is 12.6. The Morgan fingerprint density at radius 3 is 3.11 bits per heavy atom.